The van der Waals surface area contributed by atoms with Crippen LogP contribution in [0.15, 0.2) is 97.2 Å². The minimum absolute atomic E-state index is 0.103. The Hall–Kier alpha value is -2.69. The Morgan fingerprint density at radius 1 is 0.521 bits per heavy atom. The molecule has 48 heavy (non-hydrogen) atoms. The monoisotopic (exact) mass is 664 g/mol. The minimum atomic E-state index is -0.858. The van der Waals surface area contributed by atoms with E-state index in [9.17, 15) is 15.0 Å². The summed E-state index contributed by atoms with van der Waals surface area (Å²) in [5.41, 5.74) is 0. The van der Waals surface area contributed by atoms with Gasteiger partial charge in [0, 0.05) is 6.42 Å². The first-order chi connectivity index (χ1) is 23.7. The lowest BCUT2D eigenvalue weighted by molar-refractivity contribution is -0.123. The van der Waals surface area contributed by atoms with Gasteiger partial charge in [0.05, 0.1) is 18.8 Å². The molecular formula is C44H73NO3. The van der Waals surface area contributed by atoms with E-state index in [1.165, 1.54) is 51.4 Å². The van der Waals surface area contributed by atoms with Gasteiger partial charge in [0.25, 0.3) is 0 Å². The van der Waals surface area contributed by atoms with Crippen LogP contribution in [0.1, 0.15) is 155 Å². The van der Waals surface area contributed by atoms with Crippen LogP contribution in [0.5, 0.6) is 0 Å². The first-order valence-electron chi connectivity index (χ1n) is 19.5. The van der Waals surface area contributed by atoms with Crippen molar-refractivity contribution in [1.82, 2.24) is 5.32 Å². The topological polar surface area (TPSA) is 69.6 Å². The van der Waals surface area contributed by atoms with Crippen molar-refractivity contribution in [1.29, 1.82) is 0 Å². The van der Waals surface area contributed by atoms with Crippen LogP contribution < -0.4 is 5.32 Å². The van der Waals surface area contributed by atoms with Crippen LogP contribution in [0.2, 0.25) is 0 Å². The molecule has 3 N–H and O–H groups in total. The minimum Gasteiger partial charge on any atom is -0.394 e. The van der Waals surface area contributed by atoms with E-state index >= 15 is 0 Å². The molecule has 4 heteroatoms. The van der Waals surface area contributed by atoms with Crippen LogP contribution in [0.4, 0.5) is 0 Å². The number of aliphatic hydroxyl groups is 2. The van der Waals surface area contributed by atoms with Crippen LogP contribution in [0, 0.1) is 0 Å². The van der Waals surface area contributed by atoms with Gasteiger partial charge in [0.2, 0.25) is 5.91 Å². The van der Waals surface area contributed by atoms with Gasteiger partial charge in [0.15, 0.2) is 0 Å². The summed E-state index contributed by atoms with van der Waals surface area (Å²) >= 11 is 0. The Kier molecular flexibility index (Phi) is 36.6. The quantitative estimate of drug-likeness (QED) is 0.0483. The lowest BCUT2D eigenvalue weighted by Crippen LogP contribution is -2.45. The van der Waals surface area contributed by atoms with Gasteiger partial charge in [-0.05, 0) is 77.0 Å². The smallest absolute Gasteiger partial charge is 0.220 e. The number of rotatable bonds is 33. The SMILES string of the molecule is CC/C=C\C/C=C\C/C=C\C/C=C\C/C=C\C/C=C\C/C=C\CCCCCC(=O)NC(CO)C(O)/C=C/CCCCCCCCCCC. The molecule has 0 heterocycles. The average Bonchev–Trinajstić information content (AvgIpc) is 3.09. The predicted octanol–water partition coefficient (Wildman–Crippen LogP) is 11.9. The lowest BCUT2D eigenvalue weighted by atomic mass is 10.1. The molecule has 0 aromatic rings. The molecule has 0 aromatic heterocycles. The van der Waals surface area contributed by atoms with Gasteiger partial charge >= 0.3 is 0 Å². The predicted molar refractivity (Wildman–Crippen MR) is 211 cm³/mol. The maximum atomic E-state index is 12.3. The molecule has 1 amide bonds. The molecule has 0 saturated heterocycles. The van der Waals surface area contributed by atoms with Crippen molar-refractivity contribution in [2.45, 2.75) is 167 Å². The third-order valence-electron chi connectivity index (χ3n) is 8.07. The molecule has 0 aliphatic rings. The highest BCUT2D eigenvalue weighted by atomic mass is 16.3. The Labute approximate surface area is 296 Å². The van der Waals surface area contributed by atoms with E-state index in [0.717, 1.165) is 83.5 Å². The molecule has 0 rings (SSSR count). The largest absolute Gasteiger partial charge is 0.394 e. The number of carbonyl (C=O) groups excluding carboxylic acids is 1. The summed E-state index contributed by atoms with van der Waals surface area (Å²) in [7, 11) is 0. The van der Waals surface area contributed by atoms with E-state index in [1.807, 2.05) is 6.08 Å². The molecule has 0 spiro atoms. The van der Waals surface area contributed by atoms with E-state index < -0.39 is 12.1 Å². The van der Waals surface area contributed by atoms with Gasteiger partial charge < -0.3 is 15.5 Å². The van der Waals surface area contributed by atoms with Crippen LogP contribution in [-0.4, -0.2) is 34.9 Å². The molecule has 0 aromatic carbocycles. The zero-order valence-electron chi connectivity index (χ0n) is 31.0. The first kappa shape index (κ1) is 45.3. The number of carbonyl (C=O) groups is 1. The van der Waals surface area contributed by atoms with Gasteiger partial charge in [-0.3, -0.25) is 4.79 Å². The normalized spacial score (nSPS) is 14.2. The molecule has 0 aliphatic carbocycles. The Morgan fingerprint density at radius 3 is 1.38 bits per heavy atom. The van der Waals surface area contributed by atoms with Gasteiger partial charge in [0.1, 0.15) is 0 Å². The van der Waals surface area contributed by atoms with Crippen molar-refractivity contribution in [3.63, 3.8) is 0 Å². The fourth-order valence-electron chi connectivity index (χ4n) is 5.10. The number of amides is 1. The maximum absolute atomic E-state index is 12.3. The molecule has 2 atom stereocenters. The summed E-state index contributed by atoms with van der Waals surface area (Å²) in [5, 5.41) is 22.8. The van der Waals surface area contributed by atoms with E-state index in [4.69, 9.17) is 0 Å². The van der Waals surface area contributed by atoms with Crippen molar-refractivity contribution in [2.75, 3.05) is 6.61 Å². The number of nitrogens with one attached hydrogen (secondary N) is 1. The molecule has 0 fully saturated rings. The summed E-state index contributed by atoms with van der Waals surface area (Å²) < 4.78 is 0. The standard InChI is InChI=1S/C44H73NO3/c1-3-5-7-9-11-13-15-16-17-18-19-20-21-22-23-24-25-26-27-28-30-32-34-36-38-40-44(48)45-42(41-46)43(47)39-37-35-33-31-29-14-12-10-8-6-4-2/h5,7,11,13,16-17,19-20,22-23,25-26,28,30,37,39,42-43,46-47H,3-4,6,8-10,12,14-15,18,21,24,27,29,31-36,38,40-41H2,1-2H3,(H,45,48)/b7-5-,13-11-,17-16-,20-19-,23-22-,26-25-,30-28-,39-37+. The fraction of sp³-hybridized carbons (Fsp3) is 0.614. The molecule has 0 bridgehead atoms. The van der Waals surface area contributed by atoms with Gasteiger partial charge in [-0.2, -0.15) is 0 Å². The summed E-state index contributed by atoms with van der Waals surface area (Å²) in [6.45, 7) is 4.14. The van der Waals surface area contributed by atoms with Gasteiger partial charge in [-0.25, -0.2) is 0 Å². The highest BCUT2D eigenvalue weighted by Crippen LogP contribution is 2.11. The average molecular weight is 664 g/mol. The molecule has 0 aliphatic heterocycles. The second-order valence-corrected chi connectivity index (χ2v) is 12.6. The van der Waals surface area contributed by atoms with Gasteiger partial charge in [-0.1, -0.05) is 169 Å². The molecule has 4 nitrogen and oxygen atoms in total. The summed E-state index contributed by atoms with van der Waals surface area (Å²) in [4.78, 5) is 12.3. The molecule has 2 unspecified atom stereocenters. The van der Waals surface area contributed by atoms with Crippen LogP contribution in [0.3, 0.4) is 0 Å². The van der Waals surface area contributed by atoms with E-state index in [-0.39, 0.29) is 12.5 Å². The van der Waals surface area contributed by atoms with Crippen LogP contribution >= 0.6 is 0 Å². The third kappa shape index (κ3) is 34.6. The van der Waals surface area contributed by atoms with Crippen LogP contribution in [0.25, 0.3) is 0 Å². The summed E-state index contributed by atoms with van der Waals surface area (Å²) in [6, 6.07) is -0.645. The summed E-state index contributed by atoms with van der Waals surface area (Å²) in [5.74, 6) is -0.103. The number of hydrogen-bond donors (Lipinski definition) is 3. The van der Waals surface area contributed by atoms with Crippen molar-refractivity contribution in [2.24, 2.45) is 0 Å². The molecule has 0 radical (unpaired) electrons. The molecular weight excluding hydrogens is 590 g/mol. The zero-order valence-corrected chi connectivity index (χ0v) is 31.0. The Balaban J connectivity index is 3.76. The van der Waals surface area contributed by atoms with E-state index in [1.54, 1.807) is 6.08 Å². The van der Waals surface area contributed by atoms with Crippen molar-refractivity contribution < 1.29 is 15.0 Å². The second kappa shape index (κ2) is 38.8. The Bertz CT molecular complexity index is 937. The van der Waals surface area contributed by atoms with Gasteiger partial charge in [-0.15, -0.1) is 0 Å². The highest BCUT2D eigenvalue weighted by Gasteiger charge is 2.17. The van der Waals surface area contributed by atoms with E-state index in [0.29, 0.717) is 6.42 Å². The number of unbranched alkanes of at least 4 members (excludes halogenated alkanes) is 12. The Morgan fingerprint density at radius 2 is 0.917 bits per heavy atom. The number of hydrogen-bond acceptors (Lipinski definition) is 3. The second-order valence-electron chi connectivity index (χ2n) is 12.6. The summed E-state index contributed by atoms with van der Waals surface area (Å²) in [6.07, 6.45) is 57.8. The van der Waals surface area contributed by atoms with Crippen molar-refractivity contribution in [3.05, 3.63) is 97.2 Å². The third-order valence-corrected chi connectivity index (χ3v) is 8.07. The fourth-order valence-corrected chi connectivity index (χ4v) is 5.10. The maximum Gasteiger partial charge on any atom is 0.220 e. The first-order valence-corrected chi connectivity index (χ1v) is 19.5. The zero-order chi connectivity index (χ0) is 35.0. The van der Waals surface area contributed by atoms with Crippen LogP contribution in [-0.2, 0) is 4.79 Å². The molecule has 0 saturated carbocycles. The number of allylic oxidation sites excluding steroid dienone is 15. The molecule has 272 valence electrons. The highest BCUT2D eigenvalue weighted by molar-refractivity contribution is 5.76. The number of aliphatic hydroxyl groups excluding tert-OH is 2. The van der Waals surface area contributed by atoms with Crippen molar-refractivity contribution >= 4 is 5.91 Å². The van der Waals surface area contributed by atoms with E-state index in [2.05, 4.69) is 104 Å². The van der Waals surface area contributed by atoms with Crippen molar-refractivity contribution in [3.8, 4) is 0 Å². The lowest BCUT2D eigenvalue weighted by Gasteiger charge is -2.19.